The molecule has 1 saturated heterocycles. The maximum atomic E-state index is 9.54. The van der Waals surface area contributed by atoms with Gasteiger partial charge in [-0.15, -0.1) is 0 Å². The average molecular weight is 162 g/mol. The minimum absolute atomic E-state index is 0.0619. The van der Waals surface area contributed by atoms with Crippen molar-refractivity contribution >= 4 is 0 Å². The molecule has 4 atom stereocenters. The lowest BCUT2D eigenvalue weighted by atomic mass is 9.84. The van der Waals surface area contributed by atoms with Gasteiger partial charge in [-0.2, -0.15) is 0 Å². The van der Waals surface area contributed by atoms with Crippen LogP contribution < -0.4 is 0 Å². The van der Waals surface area contributed by atoms with Gasteiger partial charge in [-0.1, -0.05) is 6.92 Å². The summed E-state index contributed by atoms with van der Waals surface area (Å²) in [7, 11) is 0. The van der Waals surface area contributed by atoms with Gasteiger partial charge < -0.3 is 20.1 Å². The zero-order chi connectivity index (χ0) is 8.65. The zero-order valence-electron chi connectivity index (χ0n) is 6.69. The number of ether oxygens (including phenoxy) is 1. The maximum absolute atomic E-state index is 9.54. The first-order valence-electron chi connectivity index (χ1n) is 3.65. The molecule has 3 N–H and O–H groups in total. The van der Waals surface area contributed by atoms with Gasteiger partial charge in [0.15, 0.2) is 6.29 Å². The average Bonchev–Trinajstić information content (AvgIpc) is 1.95. The van der Waals surface area contributed by atoms with Gasteiger partial charge in [-0.3, -0.25) is 0 Å². The Morgan fingerprint density at radius 2 is 2.00 bits per heavy atom. The molecule has 11 heavy (non-hydrogen) atoms. The third kappa shape index (κ3) is 1.54. The summed E-state index contributed by atoms with van der Waals surface area (Å²) in [6, 6.07) is 0. The fourth-order valence-electron chi connectivity index (χ4n) is 1.10. The molecule has 0 bridgehead atoms. The van der Waals surface area contributed by atoms with Crippen molar-refractivity contribution in [2.45, 2.75) is 31.8 Å². The van der Waals surface area contributed by atoms with Gasteiger partial charge in [-0.05, 0) is 6.92 Å². The molecule has 1 heterocycles. The number of hydrogen-bond acceptors (Lipinski definition) is 4. The molecule has 0 saturated carbocycles. The monoisotopic (exact) mass is 162 g/mol. The highest BCUT2D eigenvalue weighted by atomic mass is 16.6. The molecule has 1 aliphatic rings. The van der Waals surface area contributed by atoms with Crippen LogP contribution in [0.2, 0.25) is 0 Å². The second kappa shape index (κ2) is 2.71. The quantitative estimate of drug-likeness (QED) is 0.431. The van der Waals surface area contributed by atoms with Crippen LogP contribution in [-0.4, -0.2) is 39.9 Å². The fourth-order valence-corrected chi connectivity index (χ4v) is 1.10. The van der Waals surface area contributed by atoms with E-state index in [1.165, 1.54) is 0 Å². The molecule has 0 aromatic carbocycles. The van der Waals surface area contributed by atoms with Crippen LogP contribution in [0.5, 0.6) is 0 Å². The van der Waals surface area contributed by atoms with E-state index in [2.05, 4.69) is 0 Å². The first-order valence-corrected chi connectivity index (χ1v) is 3.65. The van der Waals surface area contributed by atoms with Crippen LogP contribution in [0.1, 0.15) is 13.8 Å². The zero-order valence-corrected chi connectivity index (χ0v) is 6.69. The molecule has 1 rings (SSSR count). The molecule has 66 valence electrons. The predicted octanol–water partition coefficient (Wildman–Crippen LogP) is -0.917. The standard InChI is InChI=1S/C7H14O4/c1-4-5(8)6(9)11-3-7(4,2)10/h4-6,8-10H,3H2,1-2H3. The van der Waals surface area contributed by atoms with Crippen molar-refractivity contribution in [3.8, 4) is 0 Å². The summed E-state index contributed by atoms with van der Waals surface area (Å²) < 4.78 is 4.73. The first kappa shape index (κ1) is 8.93. The highest BCUT2D eigenvalue weighted by molar-refractivity contribution is 4.88. The topological polar surface area (TPSA) is 69.9 Å². The van der Waals surface area contributed by atoms with Crippen molar-refractivity contribution < 1.29 is 20.1 Å². The van der Waals surface area contributed by atoms with Gasteiger partial charge in [0.25, 0.3) is 0 Å². The van der Waals surface area contributed by atoms with Crippen molar-refractivity contribution in [3.63, 3.8) is 0 Å². The van der Waals surface area contributed by atoms with E-state index in [-0.39, 0.29) is 12.5 Å². The van der Waals surface area contributed by atoms with Crippen molar-refractivity contribution in [1.82, 2.24) is 0 Å². The molecule has 0 spiro atoms. The van der Waals surface area contributed by atoms with Gasteiger partial charge in [0.05, 0.1) is 12.2 Å². The molecular weight excluding hydrogens is 148 g/mol. The number of rotatable bonds is 0. The molecule has 0 amide bonds. The molecule has 0 radical (unpaired) electrons. The van der Waals surface area contributed by atoms with Gasteiger partial charge in [0, 0.05) is 5.92 Å². The minimum Gasteiger partial charge on any atom is -0.387 e. The predicted molar refractivity (Wildman–Crippen MR) is 37.8 cm³/mol. The van der Waals surface area contributed by atoms with E-state index in [1.54, 1.807) is 13.8 Å². The minimum atomic E-state index is -1.16. The molecule has 4 heteroatoms. The third-order valence-corrected chi connectivity index (χ3v) is 2.33. The summed E-state index contributed by atoms with van der Waals surface area (Å²) in [6.45, 7) is 3.32. The van der Waals surface area contributed by atoms with E-state index in [9.17, 15) is 10.2 Å². The van der Waals surface area contributed by atoms with E-state index in [0.717, 1.165) is 0 Å². The molecule has 0 aromatic rings. The Morgan fingerprint density at radius 1 is 1.45 bits per heavy atom. The summed E-state index contributed by atoms with van der Waals surface area (Å²) in [5.74, 6) is -0.369. The Balaban J connectivity index is 2.67. The van der Waals surface area contributed by atoms with E-state index < -0.39 is 18.0 Å². The number of aliphatic hydroxyl groups excluding tert-OH is 2. The third-order valence-electron chi connectivity index (χ3n) is 2.33. The van der Waals surface area contributed by atoms with Crippen LogP contribution in [0.25, 0.3) is 0 Å². The lowest BCUT2D eigenvalue weighted by molar-refractivity contribution is -0.260. The van der Waals surface area contributed by atoms with Crippen LogP contribution in [-0.2, 0) is 4.74 Å². The van der Waals surface area contributed by atoms with E-state index in [0.29, 0.717) is 0 Å². The Kier molecular flexibility index (Phi) is 2.20. The molecule has 4 unspecified atom stereocenters. The lowest BCUT2D eigenvalue weighted by Crippen LogP contribution is -2.54. The van der Waals surface area contributed by atoms with Crippen molar-refractivity contribution in [1.29, 1.82) is 0 Å². The van der Waals surface area contributed by atoms with Crippen LogP contribution in [0, 0.1) is 5.92 Å². The van der Waals surface area contributed by atoms with Gasteiger partial charge in [0.2, 0.25) is 0 Å². The smallest absolute Gasteiger partial charge is 0.181 e. The van der Waals surface area contributed by atoms with E-state index in [1.807, 2.05) is 0 Å². The molecule has 0 aliphatic carbocycles. The summed E-state index contributed by atoms with van der Waals surface area (Å²) in [5.41, 5.74) is -1.04. The van der Waals surface area contributed by atoms with Gasteiger partial charge >= 0.3 is 0 Å². The molecule has 1 aliphatic heterocycles. The van der Waals surface area contributed by atoms with Crippen LogP contribution in [0.15, 0.2) is 0 Å². The number of aliphatic hydroxyl groups is 3. The molecule has 1 fully saturated rings. The normalized spacial score (nSPS) is 52.6. The molecular formula is C7H14O4. The summed E-state index contributed by atoms with van der Waals surface area (Å²) >= 11 is 0. The van der Waals surface area contributed by atoms with Crippen molar-refractivity contribution in [2.75, 3.05) is 6.61 Å². The Labute approximate surface area is 65.4 Å². The second-order valence-corrected chi connectivity index (χ2v) is 3.34. The molecule has 4 nitrogen and oxygen atoms in total. The summed E-state index contributed by atoms with van der Waals surface area (Å²) in [5, 5.41) is 27.8. The van der Waals surface area contributed by atoms with Crippen LogP contribution in [0.3, 0.4) is 0 Å². The highest BCUT2D eigenvalue weighted by Crippen LogP contribution is 2.27. The summed E-state index contributed by atoms with van der Waals surface area (Å²) in [4.78, 5) is 0. The fraction of sp³-hybridized carbons (Fsp3) is 1.00. The Morgan fingerprint density at radius 3 is 2.45 bits per heavy atom. The number of hydrogen-bond donors (Lipinski definition) is 3. The van der Waals surface area contributed by atoms with E-state index >= 15 is 0 Å². The van der Waals surface area contributed by atoms with Gasteiger partial charge in [0.1, 0.15) is 6.10 Å². The van der Waals surface area contributed by atoms with Crippen LogP contribution in [0.4, 0.5) is 0 Å². The SMILES string of the molecule is CC1C(O)C(O)OCC1(C)O. The highest BCUT2D eigenvalue weighted by Gasteiger charge is 2.42. The van der Waals surface area contributed by atoms with Crippen LogP contribution >= 0.6 is 0 Å². The largest absolute Gasteiger partial charge is 0.387 e. The second-order valence-electron chi connectivity index (χ2n) is 3.34. The van der Waals surface area contributed by atoms with Crippen molar-refractivity contribution in [2.24, 2.45) is 5.92 Å². The Bertz CT molecular complexity index is 145. The maximum Gasteiger partial charge on any atom is 0.181 e. The lowest BCUT2D eigenvalue weighted by Gasteiger charge is -2.40. The summed E-state index contributed by atoms with van der Waals surface area (Å²) in [6.07, 6.45) is -2.16. The van der Waals surface area contributed by atoms with Gasteiger partial charge in [-0.25, -0.2) is 0 Å². The first-order chi connectivity index (χ1) is 4.95. The van der Waals surface area contributed by atoms with Crippen molar-refractivity contribution in [3.05, 3.63) is 0 Å². The molecule has 0 aromatic heterocycles. The Hall–Kier alpha value is -0.160. The van der Waals surface area contributed by atoms with E-state index in [4.69, 9.17) is 9.84 Å².